The predicted molar refractivity (Wildman–Crippen MR) is 35.7 cm³/mol. The number of rotatable bonds is 1. The summed E-state index contributed by atoms with van der Waals surface area (Å²) in [5.41, 5.74) is 0.896. The molecule has 0 aliphatic rings. The van der Waals surface area contributed by atoms with Gasteiger partial charge in [0.1, 0.15) is 0 Å². The molecule has 1 N–H and O–H groups in total. The first-order valence-electron chi connectivity index (χ1n) is 2.33. The van der Waals surface area contributed by atoms with Crippen LogP contribution in [0, 0.1) is 6.92 Å². The summed E-state index contributed by atoms with van der Waals surface area (Å²) >= 11 is 1.35. The normalized spacial score (nSPS) is 9.44. The Morgan fingerprint density at radius 2 is 2.33 bits per heavy atom. The van der Waals surface area contributed by atoms with Gasteiger partial charge in [-0.3, -0.25) is 0 Å². The fraction of sp³-hybridized carbons (Fsp3) is 0. The molecule has 0 amide bonds. The van der Waals surface area contributed by atoms with Crippen molar-refractivity contribution in [2.24, 2.45) is 0 Å². The topological polar surface area (TPSA) is 37.3 Å². The van der Waals surface area contributed by atoms with Crippen molar-refractivity contribution in [1.29, 1.82) is 0 Å². The summed E-state index contributed by atoms with van der Waals surface area (Å²) in [6.45, 7) is 3.53. The minimum atomic E-state index is -0.902. The van der Waals surface area contributed by atoms with Gasteiger partial charge in [-0.05, 0) is 17.9 Å². The SMILES string of the molecule is [CH2]c1cscc1C(=O)O. The Morgan fingerprint density at radius 1 is 1.67 bits per heavy atom. The summed E-state index contributed by atoms with van der Waals surface area (Å²) in [5.74, 6) is -0.902. The second-order valence-electron chi connectivity index (χ2n) is 1.62. The van der Waals surface area contributed by atoms with Gasteiger partial charge in [-0.25, -0.2) is 4.79 Å². The van der Waals surface area contributed by atoms with Crippen molar-refractivity contribution < 1.29 is 9.90 Å². The second-order valence-corrected chi connectivity index (χ2v) is 2.36. The molecule has 0 atom stereocenters. The molecule has 1 rings (SSSR count). The third-order valence-electron chi connectivity index (χ3n) is 0.973. The van der Waals surface area contributed by atoms with E-state index in [1.807, 2.05) is 0 Å². The van der Waals surface area contributed by atoms with Crippen molar-refractivity contribution >= 4 is 17.3 Å². The molecule has 0 saturated heterocycles. The van der Waals surface area contributed by atoms with E-state index in [9.17, 15) is 4.79 Å². The van der Waals surface area contributed by atoms with Crippen LogP contribution in [0.25, 0.3) is 0 Å². The number of aromatic carboxylic acids is 1. The maximum Gasteiger partial charge on any atom is 0.336 e. The standard InChI is InChI=1S/C6H5O2S/c1-4-2-9-3-5(4)6(7)8/h2-3H,1H2,(H,7,8). The van der Waals surface area contributed by atoms with E-state index in [4.69, 9.17) is 5.11 Å². The van der Waals surface area contributed by atoms with Crippen molar-refractivity contribution in [1.82, 2.24) is 0 Å². The molecular formula is C6H5O2S. The van der Waals surface area contributed by atoms with E-state index in [2.05, 4.69) is 6.92 Å². The van der Waals surface area contributed by atoms with Crippen LogP contribution in [0.2, 0.25) is 0 Å². The molecule has 1 aromatic rings. The molecule has 1 aromatic heterocycles. The first kappa shape index (κ1) is 6.29. The lowest BCUT2D eigenvalue weighted by molar-refractivity contribution is 0.0697. The van der Waals surface area contributed by atoms with E-state index in [0.29, 0.717) is 11.1 Å². The summed E-state index contributed by atoms with van der Waals surface area (Å²) in [4.78, 5) is 10.2. The Morgan fingerprint density at radius 3 is 2.56 bits per heavy atom. The maximum atomic E-state index is 10.2. The highest BCUT2D eigenvalue weighted by Crippen LogP contribution is 2.12. The zero-order chi connectivity index (χ0) is 6.85. The van der Waals surface area contributed by atoms with Crippen molar-refractivity contribution in [3.05, 3.63) is 28.8 Å². The molecule has 9 heavy (non-hydrogen) atoms. The number of carboxylic acids is 1. The molecule has 1 radical (unpaired) electrons. The van der Waals surface area contributed by atoms with Crippen molar-refractivity contribution in [2.75, 3.05) is 0 Å². The summed E-state index contributed by atoms with van der Waals surface area (Å²) in [5, 5.41) is 11.7. The zero-order valence-electron chi connectivity index (χ0n) is 4.63. The summed E-state index contributed by atoms with van der Waals surface area (Å²) in [7, 11) is 0. The monoisotopic (exact) mass is 141 g/mol. The number of hydrogen-bond acceptors (Lipinski definition) is 2. The number of hydrogen-bond donors (Lipinski definition) is 1. The third-order valence-corrected chi connectivity index (χ3v) is 1.76. The molecule has 2 nitrogen and oxygen atoms in total. The largest absolute Gasteiger partial charge is 0.478 e. The molecule has 47 valence electrons. The maximum absolute atomic E-state index is 10.2. The van der Waals surface area contributed by atoms with E-state index < -0.39 is 5.97 Å². The van der Waals surface area contributed by atoms with E-state index in [1.165, 1.54) is 11.3 Å². The van der Waals surface area contributed by atoms with Gasteiger partial charge >= 0.3 is 5.97 Å². The van der Waals surface area contributed by atoms with Gasteiger partial charge in [-0.1, -0.05) is 0 Å². The molecule has 0 aliphatic carbocycles. The lowest BCUT2D eigenvalue weighted by atomic mass is 10.2. The van der Waals surface area contributed by atoms with Crippen LogP contribution in [0.4, 0.5) is 0 Å². The van der Waals surface area contributed by atoms with Crippen molar-refractivity contribution in [3.8, 4) is 0 Å². The Bertz CT molecular complexity index is 227. The molecule has 0 aliphatic heterocycles. The van der Waals surface area contributed by atoms with Crippen LogP contribution in [-0.2, 0) is 0 Å². The molecule has 0 bridgehead atoms. The van der Waals surface area contributed by atoms with Crippen LogP contribution >= 0.6 is 11.3 Å². The highest BCUT2D eigenvalue weighted by molar-refractivity contribution is 7.08. The van der Waals surface area contributed by atoms with E-state index in [0.717, 1.165) is 0 Å². The minimum absolute atomic E-state index is 0.306. The highest BCUT2D eigenvalue weighted by Gasteiger charge is 2.05. The molecule has 0 fully saturated rings. The molecule has 0 spiro atoms. The average molecular weight is 141 g/mol. The van der Waals surface area contributed by atoms with Gasteiger partial charge in [0, 0.05) is 5.38 Å². The van der Waals surface area contributed by atoms with Crippen molar-refractivity contribution in [3.63, 3.8) is 0 Å². The van der Waals surface area contributed by atoms with Gasteiger partial charge in [-0.2, -0.15) is 11.3 Å². The number of carboxylic acid groups (broad SMARTS) is 1. The fourth-order valence-corrected chi connectivity index (χ4v) is 1.26. The lowest BCUT2D eigenvalue weighted by Crippen LogP contribution is -1.94. The molecule has 0 saturated carbocycles. The fourth-order valence-electron chi connectivity index (χ4n) is 0.511. The Balaban J connectivity index is 3.08. The van der Waals surface area contributed by atoms with Crippen molar-refractivity contribution in [2.45, 2.75) is 0 Å². The first-order chi connectivity index (χ1) is 4.22. The Hall–Kier alpha value is -0.830. The van der Waals surface area contributed by atoms with E-state index >= 15 is 0 Å². The van der Waals surface area contributed by atoms with Gasteiger partial charge in [0.05, 0.1) is 5.56 Å². The summed E-state index contributed by atoms with van der Waals surface area (Å²) in [6, 6.07) is 0. The molecule has 0 aromatic carbocycles. The van der Waals surface area contributed by atoms with Gasteiger partial charge in [0.15, 0.2) is 0 Å². The van der Waals surface area contributed by atoms with Crippen LogP contribution in [-0.4, -0.2) is 11.1 Å². The predicted octanol–water partition coefficient (Wildman–Crippen LogP) is 1.63. The number of thiophene rings is 1. The molecular weight excluding hydrogens is 136 g/mol. The highest BCUT2D eigenvalue weighted by atomic mass is 32.1. The molecule has 3 heteroatoms. The van der Waals surface area contributed by atoms with Gasteiger partial charge < -0.3 is 5.11 Å². The smallest absolute Gasteiger partial charge is 0.336 e. The summed E-state index contributed by atoms with van der Waals surface area (Å²) in [6.07, 6.45) is 0. The lowest BCUT2D eigenvalue weighted by Gasteiger charge is -1.86. The Kier molecular flexibility index (Phi) is 1.53. The minimum Gasteiger partial charge on any atom is -0.478 e. The third kappa shape index (κ3) is 1.10. The summed E-state index contributed by atoms with van der Waals surface area (Å²) < 4.78 is 0. The first-order valence-corrected chi connectivity index (χ1v) is 3.27. The van der Waals surface area contributed by atoms with E-state index in [-0.39, 0.29) is 0 Å². The number of carbonyl (C=O) groups is 1. The van der Waals surface area contributed by atoms with Crippen LogP contribution in [0.15, 0.2) is 10.8 Å². The zero-order valence-corrected chi connectivity index (χ0v) is 5.44. The Labute approximate surface area is 56.8 Å². The quantitative estimate of drug-likeness (QED) is 0.645. The van der Waals surface area contributed by atoms with Gasteiger partial charge in [0.2, 0.25) is 0 Å². The average Bonchev–Trinajstić information content (AvgIpc) is 2.13. The molecule has 0 unspecified atom stereocenters. The second kappa shape index (κ2) is 2.19. The van der Waals surface area contributed by atoms with Crippen LogP contribution in [0.1, 0.15) is 15.9 Å². The van der Waals surface area contributed by atoms with Gasteiger partial charge in [0.25, 0.3) is 0 Å². The van der Waals surface area contributed by atoms with E-state index in [1.54, 1.807) is 10.8 Å². The molecule has 1 heterocycles. The van der Waals surface area contributed by atoms with Crippen LogP contribution < -0.4 is 0 Å². The van der Waals surface area contributed by atoms with Crippen LogP contribution in [0.5, 0.6) is 0 Å². The van der Waals surface area contributed by atoms with Gasteiger partial charge in [-0.15, -0.1) is 0 Å². The van der Waals surface area contributed by atoms with Crippen LogP contribution in [0.3, 0.4) is 0 Å².